The Morgan fingerprint density at radius 2 is 2.00 bits per heavy atom. The van der Waals surface area contributed by atoms with E-state index in [0.717, 1.165) is 18.0 Å². The third-order valence-corrected chi connectivity index (χ3v) is 4.40. The minimum absolute atomic E-state index is 0.493. The normalized spacial score (nSPS) is 42.7. The second-order valence-electron chi connectivity index (χ2n) is 5.27. The Kier molecular flexibility index (Phi) is 2.16. The zero-order chi connectivity index (χ0) is 9.64. The topological polar surface area (TPSA) is 15.0 Å². The van der Waals surface area contributed by atoms with Gasteiger partial charge in [-0.1, -0.05) is 20.8 Å². The highest BCUT2D eigenvalue weighted by Crippen LogP contribution is 2.45. The van der Waals surface area contributed by atoms with E-state index in [1.165, 1.54) is 19.5 Å². The lowest BCUT2D eigenvalue weighted by atomic mass is 9.67. The van der Waals surface area contributed by atoms with Gasteiger partial charge in [0.25, 0.3) is 0 Å². The van der Waals surface area contributed by atoms with Crippen LogP contribution in [0.15, 0.2) is 0 Å². The molecule has 4 atom stereocenters. The van der Waals surface area contributed by atoms with E-state index in [4.69, 9.17) is 0 Å². The molecule has 0 amide bonds. The number of nitrogens with one attached hydrogen (secondary N) is 1. The number of nitrogens with zero attached hydrogens (tertiary/aromatic N) is 1. The summed E-state index contributed by atoms with van der Waals surface area (Å²) in [6.07, 6.45) is 1.37. The highest BCUT2D eigenvalue weighted by molar-refractivity contribution is 5.09. The van der Waals surface area contributed by atoms with Crippen LogP contribution in [-0.4, -0.2) is 37.1 Å². The fourth-order valence-corrected chi connectivity index (χ4v) is 2.74. The maximum Gasteiger partial charge on any atom is 0.0291 e. The van der Waals surface area contributed by atoms with Gasteiger partial charge in [0, 0.05) is 24.0 Å². The molecule has 2 saturated heterocycles. The Labute approximate surface area is 81.7 Å². The largest absolute Gasteiger partial charge is 0.313 e. The lowest BCUT2D eigenvalue weighted by molar-refractivity contribution is 0.0803. The van der Waals surface area contributed by atoms with Gasteiger partial charge in [-0.15, -0.1) is 0 Å². The van der Waals surface area contributed by atoms with Crippen LogP contribution >= 0.6 is 0 Å². The third kappa shape index (κ3) is 1.31. The van der Waals surface area contributed by atoms with Gasteiger partial charge in [0.2, 0.25) is 0 Å². The molecule has 2 heterocycles. The molecule has 13 heavy (non-hydrogen) atoms. The highest BCUT2D eigenvalue weighted by atomic mass is 15.3. The van der Waals surface area contributed by atoms with Crippen LogP contribution in [0.5, 0.6) is 0 Å². The SMILES string of the molecule is CC(C)C(C)(C1CCN1)C1CN1C. The Morgan fingerprint density at radius 3 is 2.23 bits per heavy atom. The summed E-state index contributed by atoms with van der Waals surface area (Å²) < 4.78 is 0. The maximum atomic E-state index is 3.58. The van der Waals surface area contributed by atoms with Crippen molar-refractivity contribution in [3.63, 3.8) is 0 Å². The van der Waals surface area contributed by atoms with Crippen molar-refractivity contribution in [3.05, 3.63) is 0 Å². The first-order chi connectivity index (χ1) is 6.06. The van der Waals surface area contributed by atoms with Crippen LogP contribution in [0.1, 0.15) is 27.2 Å². The van der Waals surface area contributed by atoms with Gasteiger partial charge in [-0.25, -0.2) is 0 Å². The van der Waals surface area contributed by atoms with Crippen molar-refractivity contribution in [2.45, 2.75) is 39.3 Å². The Morgan fingerprint density at radius 1 is 1.46 bits per heavy atom. The van der Waals surface area contributed by atoms with E-state index in [9.17, 15) is 0 Å². The van der Waals surface area contributed by atoms with Crippen molar-refractivity contribution in [1.29, 1.82) is 0 Å². The fraction of sp³-hybridized carbons (Fsp3) is 1.00. The summed E-state index contributed by atoms with van der Waals surface area (Å²) in [6.45, 7) is 9.72. The van der Waals surface area contributed by atoms with Crippen LogP contribution in [0.25, 0.3) is 0 Å². The Balaban J connectivity index is 2.10. The standard InChI is InChI=1S/C11H22N2/c1-8(2)11(3,9-5-6-12-9)10-7-13(10)4/h8-10,12H,5-7H2,1-4H3. The number of likely N-dealkylation sites (N-methyl/N-ethyl adjacent to an activating group) is 1. The third-order valence-electron chi connectivity index (χ3n) is 4.40. The molecule has 2 aliphatic rings. The average molecular weight is 182 g/mol. The summed E-state index contributed by atoms with van der Waals surface area (Å²) in [4.78, 5) is 2.47. The summed E-state index contributed by atoms with van der Waals surface area (Å²) >= 11 is 0. The van der Waals surface area contributed by atoms with Crippen molar-refractivity contribution < 1.29 is 0 Å². The smallest absolute Gasteiger partial charge is 0.0291 e. The molecule has 2 fully saturated rings. The molecule has 76 valence electrons. The summed E-state index contributed by atoms with van der Waals surface area (Å²) in [5.41, 5.74) is 0.493. The van der Waals surface area contributed by atoms with E-state index in [2.05, 4.69) is 38.0 Å². The highest BCUT2D eigenvalue weighted by Gasteiger charge is 2.53. The summed E-state index contributed by atoms with van der Waals surface area (Å²) in [5, 5.41) is 3.58. The van der Waals surface area contributed by atoms with E-state index in [-0.39, 0.29) is 0 Å². The van der Waals surface area contributed by atoms with Crippen LogP contribution < -0.4 is 5.32 Å². The summed E-state index contributed by atoms with van der Waals surface area (Å²) in [7, 11) is 2.24. The predicted octanol–water partition coefficient (Wildman–Crippen LogP) is 1.32. The molecule has 0 aromatic carbocycles. The molecule has 0 spiro atoms. The van der Waals surface area contributed by atoms with Gasteiger partial charge in [0.15, 0.2) is 0 Å². The number of hydrogen-bond donors (Lipinski definition) is 1. The molecular weight excluding hydrogens is 160 g/mol. The minimum atomic E-state index is 0.493. The molecule has 0 aromatic rings. The van der Waals surface area contributed by atoms with E-state index < -0.39 is 0 Å². The first kappa shape index (κ1) is 9.47. The van der Waals surface area contributed by atoms with E-state index in [1.54, 1.807) is 0 Å². The van der Waals surface area contributed by atoms with Gasteiger partial charge in [-0.3, -0.25) is 4.90 Å². The van der Waals surface area contributed by atoms with Crippen LogP contribution in [0.2, 0.25) is 0 Å². The molecule has 0 saturated carbocycles. The molecule has 2 aliphatic heterocycles. The van der Waals surface area contributed by atoms with E-state index >= 15 is 0 Å². The van der Waals surface area contributed by atoms with Gasteiger partial charge in [0.05, 0.1) is 0 Å². The molecule has 2 heteroatoms. The molecular formula is C11H22N2. The van der Waals surface area contributed by atoms with Gasteiger partial charge >= 0.3 is 0 Å². The first-order valence-electron chi connectivity index (χ1n) is 5.50. The van der Waals surface area contributed by atoms with Gasteiger partial charge in [-0.2, -0.15) is 0 Å². The second kappa shape index (κ2) is 2.96. The average Bonchev–Trinajstić information content (AvgIpc) is 2.62. The Bertz CT molecular complexity index is 192. The zero-order valence-electron chi connectivity index (χ0n) is 9.30. The molecule has 2 nitrogen and oxygen atoms in total. The van der Waals surface area contributed by atoms with E-state index in [0.29, 0.717) is 5.41 Å². The predicted molar refractivity (Wildman–Crippen MR) is 55.8 cm³/mol. The molecule has 2 rings (SSSR count). The molecule has 1 N–H and O–H groups in total. The van der Waals surface area contributed by atoms with Crippen molar-refractivity contribution in [1.82, 2.24) is 10.2 Å². The van der Waals surface area contributed by atoms with Crippen LogP contribution in [0.4, 0.5) is 0 Å². The maximum absolute atomic E-state index is 3.58. The summed E-state index contributed by atoms with van der Waals surface area (Å²) in [6, 6.07) is 1.59. The quantitative estimate of drug-likeness (QED) is 0.662. The van der Waals surface area contributed by atoms with Crippen molar-refractivity contribution in [3.8, 4) is 0 Å². The van der Waals surface area contributed by atoms with Crippen molar-refractivity contribution in [2.24, 2.45) is 11.3 Å². The lowest BCUT2D eigenvalue weighted by Gasteiger charge is -2.47. The monoisotopic (exact) mass is 182 g/mol. The number of rotatable bonds is 3. The molecule has 0 aliphatic carbocycles. The van der Waals surface area contributed by atoms with Crippen molar-refractivity contribution >= 4 is 0 Å². The fourth-order valence-electron chi connectivity index (χ4n) is 2.74. The van der Waals surface area contributed by atoms with Gasteiger partial charge < -0.3 is 5.32 Å². The van der Waals surface area contributed by atoms with Gasteiger partial charge in [-0.05, 0) is 25.9 Å². The molecule has 0 bridgehead atoms. The minimum Gasteiger partial charge on any atom is -0.313 e. The second-order valence-corrected chi connectivity index (χ2v) is 5.27. The molecule has 4 unspecified atom stereocenters. The Hall–Kier alpha value is -0.0800. The molecule has 0 aromatic heterocycles. The first-order valence-corrected chi connectivity index (χ1v) is 5.50. The van der Waals surface area contributed by atoms with Crippen LogP contribution in [0.3, 0.4) is 0 Å². The van der Waals surface area contributed by atoms with E-state index in [1.807, 2.05) is 0 Å². The lowest BCUT2D eigenvalue weighted by Crippen LogP contribution is -2.58. The van der Waals surface area contributed by atoms with Crippen LogP contribution in [0, 0.1) is 11.3 Å². The van der Waals surface area contributed by atoms with Crippen LogP contribution in [-0.2, 0) is 0 Å². The molecule has 0 radical (unpaired) electrons. The van der Waals surface area contributed by atoms with Crippen molar-refractivity contribution in [2.75, 3.05) is 20.1 Å². The summed E-state index contributed by atoms with van der Waals surface area (Å²) in [5.74, 6) is 0.778. The van der Waals surface area contributed by atoms with Gasteiger partial charge in [0.1, 0.15) is 0 Å². The zero-order valence-corrected chi connectivity index (χ0v) is 9.30. The number of hydrogen-bond acceptors (Lipinski definition) is 2.